The van der Waals surface area contributed by atoms with Gasteiger partial charge in [0, 0.05) is 16.2 Å². The van der Waals surface area contributed by atoms with Crippen molar-refractivity contribution in [2.45, 2.75) is 0 Å². The summed E-state index contributed by atoms with van der Waals surface area (Å²) in [5.41, 5.74) is 1.26. The van der Waals surface area contributed by atoms with Gasteiger partial charge in [-0.15, -0.1) is 0 Å². The number of anilines is 1. The first kappa shape index (κ1) is 9.92. The van der Waals surface area contributed by atoms with Gasteiger partial charge in [-0.1, -0.05) is 22.0 Å². The molecule has 0 unspecified atom stereocenters. The number of nitrogens with zero attached hydrogens (tertiary/aromatic N) is 1. The Labute approximate surface area is 94.8 Å². The molecule has 0 bridgehead atoms. The Morgan fingerprint density at radius 2 is 2.33 bits per heavy atom. The third-order valence-electron chi connectivity index (χ3n) is 1.84. The molecule has 2 aromatic rings. The summed E-state index contributed by atoms with van der Waals surface area (Å²) in [6.45, 7) is 0. The van der Waals surface area contributed by atoms with Crippen LogP contribution in [0.4, 0.5) is 5.69 Å². The minimum atomic E-state index is -0.155. The fourth-order valence-corrected chi connectivity index (χ4v) is 1.55. The second-order valence-electron chi connectivity index (χ2n) is 2.95. The normalized spacial score (nSPS) is 9.93. The number of aromatic nitrogens is 2. The maximum Gasteiger partial charge on any atom is 0.255 e. The molecule has 1 aromatic heterocycles. The molecule has 0 atom stereocenters. The highest BCUT2D eigenvalue weighted by Gasteiger charge is 2.06. The van der Waals surface area contributed by atoms with Gasteiger partial charge in [0.05, 0.1) is 11.9 Å². The zero-order valence-electron chi connectivity index (χ0n) is 7.70. The Morgan fingerprint density at radius 3 is 3.00 bits per heavy atom. The van der Waals surface area contributed by atoms with E-state index in [1.165, 1.54) is 0 Å². The average molecular weight is 266 g/mol. The molecule has 5 heteroatoms. The van der Waals surface area contributed by atoms with Gasteiger partial charge in [-0.25, -0.2) is 0 Å². The summed E-state index contributed by atoms with van der Waals surface area (Å²) in [7, 11) is 0. The minimum Gasteiger partial charge on any atom is -0.319 e. The van der Waals surface area contributed by atoms with Crippen LogP contribution in [0.25, 0.3) is 0 Å². The molecule has 0 fully saturated rings. The number of carbonyl (C=O) groups is 1. The molecule has 1 aromatic carbocycles. The summed E-state index contributed by atoms with van der Waals surface area (Å²) >= 11 is 3.31. The van der Waals surface area contributed by atoms with E-state index >= 15 is 0 Å². The predicted molar refractivity (Wildman–Crippen MR) is 60.7 cm³/mol. The maximum absolute atomic E-state index is 11.7. The molecule has 2 N–H and O–H groups in total. The van der Waals surface area contributed by atoms with Gasteiger partial charge >= 0.3 is 0 Å². The molecule has 15 heavy (non-hydrogen) atoms. The van der Waals surface area contributed by atoms with Gasteiger partial charge in [0.15, 0.2) is 0 Å². The average Bonchev–Trinajstić information content (AvgIpc) is 2.70. The van der Waals surface area contributed by atoms with E-state index in [2.05, 4.69) is 31.4 Å². The number of aromatic amines is 1. The van der Waals surface area contributed by atoms with E-state index in [-0.39, 0.29) is 5.91 Å². The number of nitrogens with one attached hydrogen (secondary N) is 2. The summed E-state index contributed by atoms with van der Waals surface area (Å²) < 4.78 is 0.877. The Hall–Kier alpha value is -1.62. The van der Waals surface area contributed by atoms with Crippen molar-refractivity contribution in [2.75, 3.05) is 5.32 Å². The first-order valence-electron chi connectivity index (χ1n) is 4.31. The van der Waals surface area contributed by atoms with Crippen molar-refractivity contribution in [3.8, 4) is 0 Å². The van der Waals surface area contributed by atoms with Gasteiger partial charge < -0.3 is 5.32 Å². The summed E-state index contributed by atoms with van der Waals surface area (Å²) in [6, 6.07) is 7.19. The van der Waals surface area contributed by atoms with Crippen LogP contribution in [-0.4, -0.2) is 16.1 Å². The molecule has 0 aliphatic rings. The molecule has 4 nitrogen and oxygen atoms in total. The predicted octanol–water partition coefficient (Wildman–Crippen LogP) is 2.42. The second kappa shape index (κ2) is 4.27. The lowest BCUT2D eigenvalue weighted by Gasteiger charge is -2.02. The van der Waals surface area contributed by atoms with Crippen molar-refractivity contribution in [1.82, 2.24) is 10.2 Å². The van der Waals surface area contributed by atoms with Crippen molar-refractivity contribution in [1.29, 1.82) is 0 Å². The zero-order chi connectivity index (χ0) is 10.7. The Kier molecular flexibility index (Phi) is 2.82. The van der Waals surface area contributed by atoms with Crippen LogP contribution in [-0.2, 0) is 0 Å². The largest absolute Gasteiger partial charge is 0.319 e. The fourth-order valence-electron chi connectivity index (χ4n) is 1.15. The number of hydrogen-bond donors (Lipinski definition) is 2. The molecule has 0 aliphatic heterocycles. The molecule has 0 saturated carbocycles. The number of carbonyl (C=O) groups excluding carboxylic acids is 1. The molecular formula is C10H8BrN3O. The van der Waals surface area contributed by atoms with Crippen molar-refractivity contribution < 1.29 is 4.79 Å². The summed E-state index contributed by atoms with van der Waals surface area (Å²) in [6.07, 6.45) is 3.17. The second-order valence-corrected chi connectivity index (χ2v) is 3.87. The van der Waals surface area contributed by atoms with Crippen LogP contribution in [0.3, 0.4) is 0 Å². The van der Waals surface area contributed by atoms with Crippen LogP contribution in [0.15, 0.2) is 41.1 Å². The van der Waals surface area contributed by atoms with Crippen molar-refractivity contribution in [3.05, 3.63) is 46.7 Å². The van der Waals surface area contributed by atoms with Crippen molar-refractivity contribution in [3.63, 3.8) is 0 Å². The first-order valence-corrected chi connectivity index (χ1v) is 5.11. The van der Waals surface area contributed by atoms with Crippen LogP contribution >= 0.6 is 15.9 Å². The van der Waals surface area contributed by atoms with E-state index in [0.717, 1.165) is 4.47 Å². The summed E-state index contributed by atoms with van der Waals surface area (Å²) in [5, 5.41) is 9.07. The van der Waals surface area contributed by atoms with Crippen LogP contribution < -0.4 is 5.32 Å². The van der Waals surface area contributed by atoms with E-state index in [4.69, 9.17) is 0 Å². The lowest BCUT2D eigenvalue weighted by atomic mass is 10.2. The molecular weight excluding hydrogens is 258 g/mol. The number of benzene rings is 1. The molecule has 0 spiro atoms. The van der Waals surface area contributed by atoms with Crippen LogP contribution in [0.1, 0.15) is 10.4 Å². The van der Waals surface area contributed by atoms with E-state index in [0.29, 0.717) is 11.3 Å². The Morgan fingerprint density at radius 1 is 1.47 bits per heavy atom. The van der Waals surface area contributed by atoms with Gasteiger partial charge in [0.2, 0.25) is 0 Å². The Balaban J connectivity index is 2.15. The Bertz CT molecular complexity index is 467. The number of rotatable bonds is 2. The number of H-pyrrole nitrogens is 1. The van der Waals surface area contributed by atoms with Gasteiger partial charge in [-0.2, -0.15) is 5.10 Å². The lowest BCUT2D eigenvalue weighted by molar-refractivity contribution is 0.102. The smallest absolute Gasteiger partial charge is 0.255 e. The monoisotopic (exact) mass is 265 g/mol. The maximum atomic E-state index is 11.7. The third kappa shape index (κ3) is 2.44. The van der Waals surface area contributed by atoms with E-state index in [1.54, 1.807) is 24.5 Å². The van der Waals surface area contributed by atoms with Gasteiger partial charge in [-0.05, 0) is 18.2 Å². The minimum absolute atomic E-state index is 0.155. The highest BCUT2D eigenvalue weighted by molar-refractivity contribution is 9.10. The molecule has 76 valence electrons. The number of halogens is 1. The molecule has 2 rings (SSSR count). The molecule has 0 radical (unpaired) electrons. The third-order valence-corrected chi connectivity index (χ3v) is 2.34. The van der Waals surface area contributed by atoms with E-state index < -0.39 is 0 Å². The SMILES string of the molecule is O=C(Nc1cn[nH]c1)c1cccc(Br)c1. The molecule has 0 saturated heterocycles. The number of hydrogen-bond acceptors (Lipinski definition) is 2. The summed E-state index contributed by atoms with van der Waals surface area (Å²) in [4.78, 5) is 11.7. The number of amides is 1. The summed E-state index contributed by atoms with van der Waals surface area (Å²) in [5.74, 6) is -0.155. The standard InChI is InChI=1S/C10H8BrN3O/c11-8-3-1-2-7(4-8)10(15)14-9-5-12-13-6-9/h1-6H,(H,12,13)(H,14,15). The highest BCUT2D eigenvalue weighted by Crippen LogP contribution is 2.13. The van der Waals surface area contributed by atoms with Gasteiger partial charge in [-0.3, -0.25) is 9.89 Å². The van der Waals surface area contributed by atoms with Crippen molar-refractivity contribution >= 4 is 27.5 Å². The van der Waals surface area contributed by atoms with Gasteiger partial charge in [0.1, 0.15) is 0 Å². The lowest BCUT2D eigenvalue weighted by Crippen LogP contribution is -2.11. The van der Waals surface area contributed by atoms with Crippen LogP contribution in [0, 0.1) is 0 Å². The van der Waals surface area contributed by atoms with E-state index in [9.17, 15) is 4.79 Å². The molecule has 1 heterocycles. The van der Waals surface area contributed by atoms with Gasteiger partial charge in [0.25, 0.3) is 5.91 Å². The van der Waals surface area contributed by atoms with Crippen LogP contribution in [0.5, 0.6) is 0 Å². The van der Waals surface area contributed by atoms with Crippen molar-refractivity contribution in [2.24, 2.45) is 0 Å². The first-order chi connectivity index (χ1) is 7.25. The quantitative estimate of drug-likeness (QED) is 0.877. The highest BCUT2D eigenvalue weighted by atomic mass is 79.9. The topological polar surface area (TPSA) is 57.8 Å². The molecule has 0 aliphatic carbocycles. The zero-order valence-corrected chi connectivity index (χ0v) is 9.28. The fraction of sp³-hybridized carbons (Fsp3) is 0. The van der Waals surface area contributed by atoms with Crippen LogP contribution in [0.2, 0.25) is 0 Å². The van der Waals surface area contributed by atoms with E-state index in [1.807, 2.05) is 12.1 Å². The molecule has 1 amide bonds.